The number of aryl methyl sites for hydroxylation is 1. The van der Waals surface area contributed by atoms with Gasteiger partial charge in [-0.25, -0.2) is 0 Å². The van der Waals surface area contributed by atoms with Crippen molar-refractivity contribution in [3.63, 3.8) is 0 Å². The van der Waals surface area contributed by atoms with Crippen LogP contribution in [-0.4, -0.2) is 29.7 Å². The van der Waals surface area contributed by atoms with Gasteiger partial charge in [-0.3, -0.25) is 10.1 Å². The first-order chi connectivity index (χ1) is 9.92. The van der Waals surface area contributed by atoms with Gasteiger partial charge in [0.15, 0.2) is 0 Å². The fourth-order valence-corrected chi connectivity index (χ4v) is 3.53. The zero-order valence-corrected chi connectivity index (χ0v) is 13.2. The fraction of sp³-hybridized carbons (Fsp3) is 0.600. The Hall–Kier alpha value is -1.33. The van der Waals surface area contributed by atoms with Crippen LogP contribution >= 0.6 is 11.6 Å². The molecule has 1 aromatic carbocycles. The Kier molecular flexibility index (Phi) is 4.74. The molecule has 1 aliphatic heterocycles. The Balaban J connectivity index is 2.36. The number of nitro benzene ring substituents is 1. The van der Waals surface area contributed by atoms with E-state index in [1.807, 2.05) is 6.92 Å². The number of piperidine rings is 1. The van der Waals surface area contributed by atoms with E-state index in [0.717, 1.165) is 43.6 Å². The number of halogens is 1. The standard InChI is InChI=1S/C15H21ClN2O3/c1-3-15(10-19)5-4-6-17(9-15)14-11(2)7-12(18(20)21)8-13(14)16/h7-8,19H,3-6,9-10H2,1-2H3. The number of aliphatic hydroxyl groups is 1. The number of nitro groups is 1. The molecule has 0 bridgehead atoms. The topological polar surface area (TPSA) is 66.6 Å². The summed E-state index contributed by atoms with van der Waals surface area (Å²) in [4.78, 5) is 12.6. The van der Waals surface area contributed by atoms with Crippen LogP contribution in [-0.2, 0) is 0 Å². The minimum absolute atomic E-state index is 0.0159. The highest BCUT2D eigenvalue weighted by Gasteiger charge is 2.34. The highest BCUT2D eigenvalue weighted by molar-refractivity contribution is 6.33. The van der Waals surface area contributed by atoms with Crippen molar-refractivity contribution < 1.29 is 10.0 Å². The van der Waals surface area contributed by atoms with Gasteiger partial charge in [0.05, 0.1) is 22.2 Å². The van der Waals surface area contributed by atoms with Crippen molar-refractivity contribution >= 4 is 23.0 Å². The number of anilines is 1. The van der Waals surface area contributed by atoms with Crippen LogP contribution in [0.5, 0.6) is 0 Å². The van der Waals surface area contributed by atoms with E-state index in [9.17, 15) is 15.2 Å². The van der Waals surface area contributed by atoms with E-state index in [1.165, 1.54) is 6.07 Å². The van der Waals surface area contributed by atoms with Crippen molar-refractivity contribution in [2.24, 2.45) is 5.41 Å². The monoisotopic (exact) mass is 312 g/mol. The number of non-ortho nitro benzene ring substituents is 1. The van der Waals surface area contributed by atoms with E-state index in [4.69, 9.17) is 11.6 Å². The lowest BCUT2D eigenvalue weighted by atomic mass is 9.78. The second kappa shape index (κ2) is 6.20. The Morgan fingerprint density at radius 1 is 1.52 bits per heavy atom. The van der Waals surface area contributed by atoms with Crippen molar-refractivity contribution in [1.29, 1.82) is 0 Å². The molecule has 21 heavy (non-hydrogen) atoms. The molecular weight excluding hydrogens is 292 g/mol. The lowest BCUT2D eigenvalue weighted by molar-refractivity contribution is -0.384. The largest absolute Gasteiger partial charge is 0.396 e. The van der Waals surface area contributed by atoms with Crippen LogP contribution in [0.15, 0.2) is 12.1 Å². The van der Waals surface area contributed by atoms with Gasteiger partial charge in [-0.2, -0.15) is 0 Å². The highest BCUT2D eigenvalue weighted by Crippen LogP contribution is 2.40. The molecule has 1 saturated heterocycles. The fourth-order valence-electron chi connectivity index (χ4n) is 3.15. The first kappa shape index (κ1) is 16.0. The van der Waals surface area contributed by atoms with Crippen LogP contribution in [0, 0.1) is 22.5 Å². The summed E-state index contributed by atoms with van der Waals surface area (Å²) in [7, 11) is 0. The van der Waals surface area contributed by atoms with E-state index < -0.39 is 4.92 Å². The Morgan fingerprint density at radius 3 is 2.76 bits per heavy atom. The zero-order valence-electron chi connectivity index (χ0n) is 12.4. The maximum Gasteiger partial charge on any atom is 0.271 e. The van der Waals surface area contributed by atoms with E-state index in [-0.39, 0.29) is 17.7 Å². The maximum atomic E-state index is 10.9. The summed E-state index contributed by atoms with van der Waals surface area (Å²) in [6, 6.07) is 2.97. The van der Waals surface area contributed by atoms with Crippen LogP contribution in [0.3, 0.4) is 0 Å². The number of hydrogen-bond donors (Lipinski definition) is 1. The van der Waals surface area contributed by atoms with Crippen LogP contribution < -0.4 is 4.90 Å². The number of benzene rings is 1. The molecule has 2 rings (SSSR count). The molecule has 1 aliphatic rings. The highest BCUT2D eigenvalue weighted by atomic mass is 35.5. The second-order valence-electron chi connectivity index (χ2n) is 5.89. The molecule has 1 atom stereocenters. The molecule has 1 fully saturated rings. The third-order valence-electron chi connectivity index (χ3n) is 4.51. The summed E-state index contributed by atoms with van der Waals surface area (Å²) in [6.07, 6.45) is 2.89. The number of hydrogen-bond acceptors (Lipinski definition) is 4. The Labute approximate surface area is 129 Å². The molecule has 0 aromatic heterocycles. The number of rotatable bonds is 4. The third-order valence-corrected chi connectivity index (χ3v) is 4.80. The molecule has 0 radical (unpaired) electrons. The molecule has 1 heterocycles. The third kappa shape index (κ3) is 3.14. The smallest absolute Gasteiger partial charge is 0.271 e. The molecule has 116 valence electrons. The first-order valence-corrected chi connectivity index (χ1v) is 7.60. The van der Waals surface area contributed by atoms with Crippen molar-refractivity contribution in [2.75, 3.05) is 24.6 Å². The van der Waals surface area contributed by atoms with Crippen molar-refractivity contribution in [1.82, 2.24) is 0 Å². The molecular formula is C15H21ClN2O3. The number of aliphatic hydroxyl groups excluding tert-OH is 1. The summed E-state index contributed by atoms with van der Waals surface area (Å²) < 4.78 is 0. The SMILES string of the molecule is CCC1(CO)CCCN(c2c(C)cc([N+](=O)[O-])cc2Cl)C1. The normalized spacial score (nSPS) is 22.4. The van der Waals surface area contributed by atoms with E-state index in [0.29, 0.717) is 5.02 Å². The molecule has 1 aromatic rings. The van der Waals surface area contributed by atoms with E-state index in [1.54, 1.807) is 6.07 Å². The quantitative estimate of drug-likeness (QED) is 0.682. The average molecular weight is 313 g/mol. The van der Waals surface area contributed by atoms with Gasteiger partial charge in [0.2, 0.25) is 0 Å². The van der Waals surface area contributed by atoms with Gasteiger partial charge in [0.25, 0.3) is 5.69 Å². The van der Waals surface area contributed by atoms with Crippen LogP contribution in [0.2, 0.25) is 5.02 Å². The summed E-state index contributed by atoms with van der Waals surface area (Å²) in [5, 5.41) is 21.0. The van der Waals surface area contributed by atoms with Gasteiger partial charge >= 0.3 is 0 Å². The molecule has 6 heteroatoms. The van der Waals surface area contributed by atoms with Gasteiger partial charge in [0.1, 0.15) is 0 Å². The minimum atomic E-state index is -0.428. The van der Waals surface area contributed by atoms with Crippen molar-refractivity contribution in [3.8, 4) is 0 Å². The van der Waals surface area contributed by atoms with Gasteiger partial charge < -0.3 is 10.0 Å². The maximum absolute atomic E-state index is 10.9. The molecule has 5 nitrogen and oxygen atoms in total. The Morgan fingerprint density at radius 2 is 2.24 bits per heavy atom. The number of nitrogens with zero attached hydrogens (tertiary/aromatic N) is 2. The van der Waals surface area contributed by atoms with Gasteiger partial charge in [-0.05, 0) is 31.7 Å². The van der Waals surface area contributed by atoms with Gasteiger partial charge in [-0.1, -0.05) is 18.5 Å². The zero-order chi connectivity index (χ0) is 15.6. The van der Waals surface area contributed by atoms with E-state index in [2.05, 4.69) is 11.8 Å². The molecule has 1 unspecified atom stereocenters. The minimum Gasteiger partial charge on any atom is -0.396 e. The lowest BCUT2D eigenvalue weighted by Crippen LogP contribution is -2.45. The predicted octanol–water partition coefficient (Wildman–Crippen LogP) is 3.55. The predicted molar refractivity (Wildman–Crippen MR) is 84.1 cm³/mol. The van der Waals surface area contributed by atoms with Crippen LogP contribution in [0.4, 0.5) is 11.4 Å². The van der Waals surface area contributed by atoms with Crippen LogP contribution in [0.1, 0.15) is 31.7 Å². The summed E-state index contributed by atoms with van der Waals surface area (Å²) in [6.45, 7) is 5.68. The van der Waals surface area contributed by atoms with Crippen molar-refractivity contribution in [2.45, 2.75) is 33.1 Å². The summed E-state index contributed by atoms with van der Waals surface area (Å²) in [5.74, 6) is 0. The van der Waals surface area contributed by atoms with Gasteiger partial charge in [-0.15, -0.1) is 0 Å². The summed E-state index contributed by atoms with van der Waals surface area (Å²) >= 11 is 6.28. The lowest BCUT2D eigenvalue weighted by Gasteiger charge is -2.43. The average Bonchev–Trinajstić information content (AvgIpc) is 2.46. The summed E-state index contributed by atoms with van der Waals surface area (Å²) in [5.41, 5.74) is 1.57. The molecule has 1 N–H and O–H groups in total. The molecule has 0 aliphatic carbocycles. The van der Waals surface area contributed by atoms with Crippen LogP contribution in [0.25, 0.3) is 0 Å². The first-order valence-electron chi connectivity index (χ1n) is 7.23. The van der Waals surface area contributed by atoms with Gasteiger partial charge in [0, 0.05) is 30.6 Å². The van der Waals surface area contributed by atoms with E-state index >= 15 is 0 Å². The second-order valence-corrected chi connectivity index (χ2v) is 6.29. The van der Waals surface area contributed by atoms with Crippen molar-refractivity contribution in [3.05, 3.63) is 32.8 Å². The molecule has 0 saturated carbocycles. The molecule has 0 amide bonds. The molecule has 0 spiro atoms. The Bertz CT molecular complexity index is 521.